The summed E-state index contributed by atoms with van der Waals surface area (Å²) in [7, 11) is -3.62. The minimum Gasteiger partial charge on any atom is -0.346 e. The molecule has 0 atom stereocenters. The van der Waals surface area contributed by atoms with Gasteiger partial charge in [-0.05, 0) is 12.1 Å². The average molecular weight is 365 g/mol. The highest BCUT2D eigenvalue weighted by Gasteiger charge is 2.33. The number of hydrogen-bond donors (Lipinski definition) is 0. The Morgan fingerprint density at radius 3 is 2.50 bits per heavy atom. The van der Waals surface area contributed by atoms with E-state index < -0.39 is 10.0 Å². The second-order valence-electron chi connectivity index (χ2n) is 6.27. The third kappa shape index (κ3) is 2.26. The summed E-state index contributed by atoms with van der Waals surface area (Å²) in [6, 6.07) is 16.9. The largest absolute Gasteiger partial charge is 0.346 e. The predicted molar refractivity (Wildman–Crippen MR) is 96.0 cm³/mol. The van der Waals surface area contributed by atoms with Crippen molar-refractivity contribution < 1.29 is 8.42 Å². The lowest BCUT2D eigenvalue weighted by Gasteiger charge is -2.29. The monoisotopic (exact) mass is 365 g/mol. The molecule has 26 heavy (non-hydrogen) atoms. The van der Waals surface area contributed by atoms with Gasteiger partial charge in [0.25, 0.3) is 10.0 Å². The van der Waals surface area contributed by atoms with E-state index in [9.17, 15) is 8.42 Å². The van der Waals surface area contributed by atoms with Crippen LogP contribution in [-0.4, -0.2) is 40.5 Å². The Kier molecular flexibility index (Phi) is 3.23. The number of aromatic nitrogens is 3. The molecule has 2 aromatic carbocycles. The molecule has 0 saturated carbocycles. The Morgan fingerprint density at radius 1 is 0.885 bits per heavy atom. The van der Waals surface area contributed by atoms with Crippen molar-refractivity contribution in [2.45, 2.75) is 18.0 Å². The number of benzene rings is 2. The van der Waals surface area contributed by atoms with Crippen LogP contribution >= 0.6 is 0 Å². The fraction of sp³-hybridized carbons (Fsp3) is 0.167. The maximum absolute atomic E-state index is 12.3. The quantitative estimate of drug-likeness (QED) is 0.658. The Bertz CT molecular complexity index is 1140. The zero-order chi connectivity index (χ0) is 17.7. The molecule has 8 heteroatoms. The summed E-state index contributed by atoms with van der Waals surface area (Å²) in [5.74, 6) is 2.14. The van der Waals surface area contributed by atoms with Crippen LogP contribution in [0.1, 0.15) is 11.4 Å². The molecule has 130 valence electrons. The van der Waals surface area contributed by atoms with Gasteiger partial charge in [0.15, 0.2) is 17.5 Å². The number of sulfonamides is 1. The van der Waals surface area contributed by atoms with Gasteiger partial charge in [-0.1, -0.05) is 42.5 Å². The highest BCUT2D eigenvalue weighted by Crippen LogP contribution is 2.29. The Balaban J connectivity index is 1.51. The smallest absolute Gasteiger partial charge is 0.285 e. The van der Waals surface area contributed by atoms with Crippen molar-refractivity contribution in [3.63, 3.8) is 0 Å². The van der Waals surface area contributed by atoms with Gasteiger partial charge in [0.05, 0.1) is 6.54 Å². The number of nitrogens with zero attached hydrogens (tertiary/aromatic N) is 5. The number of rotatable bonds is 1. The molecule has 3 heterocycles. The van der Waals surface area contributed by atoms with E-state index in [0.717, 1.165) is 17.2 Å². The van der Waals surface area contributed by atoms with Crippen LogP contribution in [0.15, 0.2) is 63.9 Å². The zero-order valence-electron chi connectivity index (χ0n) is 13.8. The summed E-state index contributed by atoms with van der Waals surface area (Å²) in [5.41, 5.74) is 1.68. The molecule has 0 aliphatic carbocycles. The molecule has 0 unspecified atom stereocenters. The average Bonchev–Trinajstić information content (AvgIpc) is 3.21. The van der Waals surface area contributed by atoms with Gasteiger partial charge in [-0.2, -0.15) is 8.42 Å². The van der Waals surface area contributed by atoms with Crippen molar-refractivity contribution in [2.75, 3.05) is 6.54 Å². The van der Waals surface area contributed by atoms with Crippen LogP contribution in [0, 0.1) is 0 Å². The van der Waals surface area contributed by atoms with Gasteiger partial charge < -0.3 is 9.47 Å². The summed E-state index contributed by atoms with van der Waals surface area (Å²) in [6.07, 6.45) is 0. The molecule has 0 spiro atoms. The summed E-state index contributed by atoms with van der Waals surface area (Å²) in [5, 5.41) is 8.64. The molecule has 2 aliphatic heterocycles. The minimum absolute atomic E-state index is 0.270. The lowest BCUT2D eigenvalue weighted by Crippen LogP contribution is -2.38. The van der Waals surface area contributed by atoms with Gasteiger partial charge in [0.2, 0.25) is 0 Å². The molecule has 3 aromatic rings. The topological polar surface area (TPSA) is 80.5 Å². The van der Waals surface area contributed by atoms with Crippen LogP contribution in [0.25, 0.3) is 11.4 Å². The van der Waals surface area contributed by atoms with Gasteiger partial charge >= 0.3 is 0 Å². The van der Waals surface area contributed by atoms with Crippen LogP contribution in [0.4, 0.5) is 0 Å². The molecule has 0 saturated heterocycles. The molecule has 0 amide bonds. The first-order valence-corrected chi connectivity index (χ1v) is 9.74. The maximum atomic E-state index is 12.3. The van der Waals surface area contributed by atoms with Gasteiger partial charge in [0, 0.05) is 24.2 Å². The number of fused-ring (bicyclic) bond motifs is 2. The van der Waals surface area contributed by atoms with E-state index in [4.69, 9.17) is 0 Å². The lowest BCUT2D eigenvalue weighted by atomic mass is 10.1. The predicted octanol–water partition coefficient (Wildman–Crippen LogP) is 1.91. The fourth-order valence-electron chi connectivity index (χ4n) is 3.46. The fourth-order valence-corrected chi connectivity index (χ4v) is 4.68. The molecule has 5 rings (SSSR count). The summed E-state index contributed by atoms with van der Waals surface area (Å²) < 4.78 is 30.7. The van der Waals surface area contributed by atoms with Crippen LogP contribution in [0.3, 0.4) is 0 Å². The van der Waals surface area contributed by atoms with E-state index in [1.165, 1.54) is 0 Å². The molecule has 2 aliphatic rings. The van der Waals surface area contributed by atoms with Crippen LogP contribution in [-0.2, 0) is 23.1 Å². The Hall–Kier alpha value is -3.00. The second-order valence-corrected chi connectivity index (χ2v) is 7.84. The Morgan fingerprint density at radius 2 is 1.65 bits per heavy atom. The zero-order valence-corrected chi connectivity index (χ0v) is 14.6. The third-order valence-corrected chi connectivity index (χ3v) is 6.02. The van der Waals surface area contributed by atoms with E-state index in [-0.39, 0.29) is 4.90 Å². The van der Waals surface area contributed by atoms with Crippen LogP contribution < -0.4 is 0 Å². The second kappa shape index (κ2) is 5.50. The van der Waals surface area contributed by atoms with Crippen molar-refractivity contribution >= 4 is 15.9 Å². The van der Waals surface area contributed by atoms with Crippen molar-refractivity contribution in [1.82, 2.24) is 19.7 Å². The number of hydrogen-bond acceptors (Lipinski definition) is 5. The van der Waals surface area contributed by atoms with Crippen LogP contribution in [0.2, 0.25) is 0 Å². The first-order chi connectivity index (χ1) is 12.6. The van der Waals surface area contributed by atoms with Crippen molar-refractivity contribution in [2.24, 2.45) is 4.40 Å². The lowest BCUT2D eigenvalue weighted by molar-refractivity contribution is 0.332. The summed E-state index contributed by atoms with van der Waals surface area (Å²) >= 11 is 0. The van der Waals surface area contributed by atoms with E-state index in [1.807, 2.05) is 41.3 Å². The van der Waals surface area contributed by atoms with Crippen molar-refractivity contribution in [1.29, 1.82) is 0 Å². The summed E-state index contributed by atoms with van der Waals surface area (Å²) in [4.78, 5) is 2.23. The molecule has 1 aromatic heterocycles. The van der Waals surface area contributed by atoms with Gasteiger partial charge in [-0.15, -0.1) is 14.6 Å². The first-order valence-electron chi connectivity index (χ1n) is 8.30. The molecular weight excluding hydrogens is 350 g/mol. The van der Waals surface area contributed by atoms with Gasteiger partial charge in [-0.3, -0.25) is 0 Å². The van der Waals surface area contributed by atoms with Crippen molar-refractivity contribution in [3.05, 3.63) is 66.0 Å². The normalized spacial score (nSPS) is 17.5. The van der Waals surface area contributed by atoms with Crippen LogP contribution in [0.5, 0.6) is 0 Å². The summed E-state index contributed by atoms with van der Waals surface area (Å²) in [6.45, 7) is 1.80. The van der Waals surface area contributed by atoms with E-state index in [1.54, 1.807) is 18.2 Å². The molecule has 0 bridgehead atoms. The van der Waals surface area contributed by atoms with Gasteiger partial charge in [0.1, 0.15) is 4.90 Å². The third-order valence-electron chi connectivity index (χ3n) is 4.70. The van der Waals surface area contributed by atoms with E-state index >= 15 is 0 Å². The van der Waals surface area contributed by atoms with Gasteiger partial charge in [-0.25, -0.2) is 0 Å². The minimum atomic E-state index is -3.62. The molecule has 7 nitrogen and oxygen atoms in total. The van der Waals surface area contributed by atoms with E-state index in [0.29, 0.717) is 31.0 Å². The van der Waals surface area contributed by atoms with Crippen molar-refractivity contribution in [3.8, 4) is 11.4 Å². The highest BCUT2D eigenvalue weighted by molar-refractivity contribution is 7.90. The molecule has 0 fully saturated rings. The first kappa shape index (κ1) is 15.3. The molecule has 0 radical (unpaired) electrons. The molecular formula is C18H15N5O2S. The maximum Gasteiger partial charge on any atom is 0.285 e. The molecule has 0 N–H and O–H groups in total. The standard InChI is InChI=1S/C18H15N5O2S/c24-26(25)15-9-5-4-8-14(15)18(21-26)22-10-11-23-16(12-22)19-20-17(23)13-6-2-1-3-7-13/h1-9H,10-12H2. The van der Waals surface area contributed by atoms with E-state index in [2.05, 4.69) is 19.2 Å². The SMILES string of the molecule is O=S1(=O)N=C(N2CCn3c(nnc3-c3ccccc3)C2)c2ccccc21. The number of amidine groups is 1. The Labute approximate surface area is 150 Å². The highest BCUT2D eigenvalue weighted by atomic mass is 32.2.